The largest absolute Gasteiger partial charge is 0.497 e. The number of anilines is 3. The van der Waals surface area contributed by atoms with Crippen molar-refractivity contribution in [3.8, 4) is 17.1 Å². The second-order valence-corrected chi connectivity index (χ2v) is 11.0. The van der Waals surface area contributed by atoms with Crippen LogP contribution in [0.4, 0.5) is 17.2 Å². The van der Waals surface area contributed by atoms with E-state index in [1.165, 1.54) is 0 Å². The van der Waals surface area contributed by atoms with Gasteiger partial charge in [-0.05, 0) is 53.9 Å². The summed E-state index contributed by atoms with van der Waals surface area (Å²) in [4.78, 5) is 0. The van der Waals surface area contributed by atoms with Crippen LogP contribution in [0, 0.1) is 0 Å². The van der Waals surface area contributed by atoms with Crippen LogP contribution in [0.15, 0.2) is 94.5 Å². The van der Waals surface area contributed by atoms with Gasteiger partial charge in [-0.15, -0.1) is 26.6 Å². The molecule has 0 spiro atoms. The third kappa shape index (κ3) is 4.34. The number of nitrogens with zero attached hydrogens (tertiary/aromatic N) is 4. The lowest BCUT2D eigenvalue weighted by Crippen LogP contribution is -2.11. The zero-order valence-electron chi connectivity index (χ0n) is 19.5. The fraction of sp³-hybridized carbons (Fsp3) is 0.0385. The Bertz CT molecular complexity index is 1830. The van der Waals surface area contributed by atoms with E-state index in [0.717, 1.165) is 33.4 Å². The van der Waals surface area contributed by atoms with Gasteiger partial charge in [0.1, 0.15) is 9.96 Å². The van der Waals surface area contributed by atoms with Crippen LogP contribution < -0.4 is 14.8 Å². The Kier molecular flexibility index (Phi) is 5.70. The summed E-state index contributed by atoms with van der Waals surface area (Å²) in [5, 5.41) is 20.5. The van der Waals surface area contributed by atoms with Crippen LogP contribution >= 0.6 is 11.3 Å². The van der Waals surface area contributed by atoms with Gasteiger partial charge in [-0.25, -0.2) is 8.42 Å². The second kappa shape index (κ2) is 9.19. The first-order valence-corrected chi connectivity index (χ1v) is 13.6. The Balaban J connectivity index is 1.40. The monoisotopic (exact) mass is 528 g/mol. The third-order valence-electron chi connectivity index (χ3n) is 5.75. The number of methoxy groups -OCH3 is 1. The number of aromatic nitrogens is 4. The van der Waals surface area contributed by atoms with E-state index in [4.69, 9.17) is 9.84 Å². The molecular weight excluding hydrogens is 508 g/mol. The second-order valence-electron chi connectivity index (χ2n) is 8.13. The predicted molar refractivity (Wildman–Crippen MR) is 145 cm³/mol. The van der Waals surface area contributed by atoms with Crippen LogP contribution in [0.25, 0.3) is 27.8 Å². The standard InChI is InChI=1S/C26H20N6O3S2/c1-35-20-13-11-17(12-14-20)25-28-29-26-22-9-3-2-8-21(22)24(30-32(25)26)27-18-6-4-7-19(16-18)31-37(33,34)23-10-5-15-36-23/h2-16,31H,1H3,(H,27,30). The topological polar surface area (TPSA) is 111 Å². The van der Waals surface area contributed by atoms with E-state index >= 15 is 0 Å². The van der Waals surface area contributed by atoms with E-state index < -0.39 is 10.0 Å². The maximum Gasteiger partial charge on any atom is 0.271 e. The molecule has 6 aromatic rings. The van der Waals surface area contributed by atoms with Crippen LogP contribution in [-0.2, 0) is 10.0 Å². The smallest absolute Gasteiger partial charge is 0.271 e. The molecule has 3 aromatic carbocycles. The Hall–Kier alpha value is -4.48. The number of fused-ring (bicyclic) bond motifs is 3. The summed E-state index contributed by atoms with van der Waals surface area (Å²) in [6, 6.07) is 25.6. The number of benzene rings is 3. The number of rotatable bonds is 7. The van der Waals surface area contributed by atoms with Crippen LogP contribution in [0.1, 0.15) is 0 Å². The molecule has 3 heterocycles. The summed E-state index contributed by atoms with van der Waals surface area (Å²) in [6.07, 6.45) is 0. The van der Waals surface area contributed by atoms with Crippen molar-refractivity contribution >= 4 is 55.0 Å². The molecule has 0 fully saturated rings. The number of sulfonamides is 1. The molecule has 0 atom stereocenters. The number of ether oxygens (including phenoxy) is 1. The number of nitrogens with one attached hydrogen (secondary N) is 2. The molecule has 0 aliphatic heterocycles. The molecule has 0 amide bonds. The molecule has 0 unspecified atom stereocenters. The molecule has 6 rings (SSSR count). The van der Waals surface area contributed by atoms with Gasteiger partial charge in [0, 0.05) is 22.0 Å². The van der Waals surface area contributed by atoms with Crippen molar-refractivity contribution < 1.29 is 13.2 Å². The molecule has 2 N–H and O–H groups in total. The highest BCUT2D eigenvalue weighted by Crippen LogP contribution is 2.31. The zero-order chi connectivity index (χ0) is 25.4. The minimum absolute atomic E-state index is 0.252. The summed E-state index contributed by atoms with van der Waals surface area (Å²) in [6.45, 7) is 0. The van der Waals surface area contributed by atoms with Gasteiger partial charge in [-0.3, -0.25) is 4.72 Å². The lowest BCUT2D eigenvalue weighted by molar-refractivity contribution is 0.415. The SMILES string of the molecule is COc1ccc(-c2nnc3c4ccccc4c(Nc4cccc(NS(=O)(=O)c5cccs5)c4)nn23)cc1. The van der Waals surface area contributed by atoms with E-state index in [-0.39, 0.29) is 4.21 Å². The summed E-state index contributed by atoms with van der Waals surface area (Å²) in [5.41, 5.74) is 2.57. The molecule has 184 valence electrons. The number of thiophene rings is 1. The van der Waals surface area contributed by atoms with E-state index in [0.29, 0.717) is 28.7 Å². The molecule has 9 nitrogen and oxygen atoms in total. The van der Waals surface area contributed by atoms with Crippen molar-refractivity contribution in [3.05, 3.63) is 90.3 Å². The van der Waals surface area contributed by atoms with Crippen molar-refractivity contribution in [2.24, 2.45) is 0 Å². The molecule has 0 aliphatic rings. The fourth-order valence-corrected chi connectivity index (χ4v) is 6.05. The first-order valence-electron chi connectivity index (χ1n) is 11.2. The minimum atomic E-state index is -3.66. The third-order valence-corrected chi connectivity index (χ3v) is 8.53. The van der Waals surface area contributed by atoms with Crippen molar-refractivity contribution in [1.29, 1.82) is 0 Å². The van der Waals surface area contributed by atoms with E-state index in [1.54, 1.807) is 47.3 Å². The highest BCUT2D eigenvalue weighted by Gasteiger charge is 2.17. The van der Waals surface area contributed by atoms with Crippen molar-refractivity contribution in [1.82, 2.24) is 19.8 Å². The average molecular weight is 529 g/mol. The Morgan fingerprint density at radius 1 is 0.865 bits per heavy atom. The lowest BCUT2D eigenvalue weighted by atomic mass is 10.1. The molecule has 37 heavy (non-hydrogen) atoms. The van der Waals surface area contributed by atoms with Gasteiger partial charge < -0.3 is 10.1 Å². The van der Waals surface area contributed by atoms with Gasteiger partial charge in [-0.1, -0.05) is 36.4 Å². The highest BCUT2D eigenvalue weighted by atomic mass is 32.2. The van der Waals surface area contributed by atoms with Gasteiger partial charge in [-0.2, -0.15) is 4.52 Å². The minimum Gasteiger partial charge on any atom is -0.497 e. The zero-order valence-corrected chi connectivity index (χ0v) is 21.1. The van der Waals surface area contributed by atoms with Crippen molar-refractivity contribution in [3.63, 3.8) is 0 Å². The Morgan fingerprint density at radius 2 is 1.65 bits per heavy atom. The van der Waals surface area contributed by atoms with Gasteiger partial charge in [0.15, 0.2) is 17.3 Å². The number of hydrogen-bond acceptors (Lipinski definition) is 8. The summed E-state index contributed by atoms with van der Waals surface area (Å²) in [7, 11) is -2.04. The Morgan fingerprint density at radius 3 is 2.41 bits per heavy atom. The van der Waals surface area contributed by atoms with Crippen molar-refractivity contribution in [2.75, 3.05) is 17.1 Å². The van der Waals surface area contributed by atoms with Crippen LogP contribution in [0.5, 0.6) is 5.75 Å². The first-order chi connectivity index (χ1) is 18.0. The summed E-state index contributed by atoms with van der Waals surface area (Å²) in [5.74, 6) is 1.91. The molecule has 0 radical (unpaired) electrons. The maximum atomic E-state index is 12.7. The molecule has 0 saturated heterocycles. The van der Waals surface area contributed by atoms with Crippen molar-refractivity contribution in [2.45, 2.75) is 4.21 Å². The first kappa shape index (κ1) is 23.0. The molecule has 0 aliphatic carbocycles. The number of hydrogen-bond donors (Lipinski definition) is 2. The van der Waals surface area contributed by atoms with E-state index in [1.807, 2.05) is 54.6 Å². The predicted octanol–water partition coefficient (Wildman–Crippen LogP) is 5.56. The average Bonchev–Trinajstić information content (AvgIpc) is 3.60. The van der Waals surface area contributed by atoms with Gasteiger partial charge >= 0.3 is 0 Å². The molecule has 0 saturated carbocycles. The molecular formula is C26H20N6O3S2. The van der Waals surface area contributed by atoms with Gasteiger partial charge in [0.2, 0.25) is 0 Å². The van der Waals surface area contributed by atoms with Gasteiger partial charge in [0.25, 0.3) is 10.0 Å². The summed E-state index contributed by atoms with van der Waals surface area (Å²) < 4.78 is 35.2. The molecule has 3 aromatic heterocycles. The lowest BCUT2D eigenvalue weighted by Gasteiger charge is -2.12. The van der Waals surface area contributed by atoms with E-state index in [9.17, 15) is 8.42 Å². The van der Waals surface area contributed by atoms with Gasteiger partial charge in [0.05, 0.1) is 12.8 Å². The highest BCUT2D eigenvalue weighted by molar-refractivity contribution is 7.94. The van der Waals surface area contributed by atoms with Crippen LogP contribution in [-0.4, -0.2) is 35.3 Å². The Labute approximate surface area is 216 Å². The summed E-state index contributed by atoms with van der Waals surface area (Å²) >= 11 is 1.16. The fourth-order valence-electron chi connectivity index (χ4n) is 4.01. The van der Waals surface area contributed by atoms with Crippen LogP contribution in [0.2, 0.25) is 0 Å². The molecule has 11 heteroatoms. The maximum absolute atomic E-state index is 12.7. The quantitative estimate of drug-likeness (QED) is 0.279. The van der Waals surface area contributed by atoms with Crippen LogP contribution in [0.3, 0.4) is 0 Å². The van der Waals surface area contributed by atoms with E-state index in [2.05, 4.69) is 20.2 Å². The molecule has 0 bridgehead atoms. The normalized spacial score (nSPS) is 11.6.